The molecule has 0 aliphatic heterocycles. The molecule has 0 saturated carbocycles. The fourth-order valence-electron chi connectivity index (χ4n) is 1.57. The molecule has 0 aliphatic rings. The molecule has 1 N–H and O–H groups in total. The van der Waals surface area contributed by atoms with Crippen LogP contribution in [-0.2, 0) is 4.79 Å². The van der Waals surface area contributed by atoms with E-state index >= 15 is 0 Å². The van der Waals surface area contributed by atoms with E-state index in [1.165, 1.54) is 26.2 Å². The Bertz CT molecular complexity index is 401. The quantitative estimate of drug-likeness (QED) is 0.905. The summed E-state index contributed by atoms with van der Waals surface area (Å²) in [5.74, 6) is 0.0485. The summed E-state index contributed by atoms with van der Waals surface area (Å²) in [5.41, 5.74) is 0.392. The molecule has 1 aromatic rings. The summed E-state index contributed by atoms with van der Waals surface area (Å²) in [6, 6.07) is 5.05. The van der Waals surface area contributed by atoms with Gasteiger partial charge in [-0.2, -0.15) is 13.2 Å². The maximum atomic E-state index is 12.4. The number of carbonyl (C=O) groups excluding carboxylic acids is 1. The van der Waals surface area contributed by atoms with Crippen molar-refractivity contribution in [3.8, 4) is 5.75 Å². The lowest BCUT2D eigenvalue weighted by molar-refractivity contribution is -0.142. The summed E-state index contributed by atoms with van der Waals surface area (Å²) in [4.78, 5) is 10.9. The topological polar surface area (TPSA) is 38.3 Å². The summed E-state index contributed by atoms with van der Waals surface area (Å²) >= 11 is 0. The van der Waals surface area contributed by atoms with E-state index in [0.717, 1.165) is 0 Å². The first kappa shape index (κ1) is 14.3. The van der Waals surface area contributed by atoms with Crippen LogP contribution < -0.4 is 10.1 Å². The minimum atomic E-state index is -4.34. The largest absolute Gasteiger partial charge is 0.497 e. The summed E-state index contributed by atoms with van der Waals surface area (Å²) in [5, 5.41) is 2.29. The number of rotatable bonds is 4. The number of carbonyl (C=O) groups is 1. The number of methoxy groups -OCH3 is 1. The number of hydrogen-bond donors (Lipinski definition) is 1. The molecule has 0 radical (unpaired) electrons. The molecule has 100 valence electrons. The smallest absolute Gasteiger partial charge is 0.391 e. The lowest BCUT2D eigenvalue weighted by Crippen LogP contribution is -2.30. The van der Waals surface area contributed by atoms with Crippen LogP contribution in [0.1, 0.15) is 24.9 Å². The molecule has 0 fully saturated rings. The Morgan fingerprint density at radius 2 is 1.89 bits per heavy atom. The molecule has 0 heterocycles. The molecule has 1 unspecified atom stereocenters. The zero-order valence-corrected chi connectivity index (χ0v) is 10.0. The highest BCUT2D eigenvalue weighted by Crippen LogP contribution is 2.30. The molecule has 18 heavy (non-hydrogen) atoms. The highest BCUT2D eigenvalue weighted by Gasteiger charge is 2.33. The van der Waals surface area contributed by atoms with E-state index in [9.17, 15) is 18.0 Å². The van der Waals surface area contributed by atoms with Crippen LogP contribution in [0.2, 0.25) is 0 Å². The van der Waals surface area contributed by atoms with Gasteiger partial charge >= 0.3 is 6.18 Å². The number of ether oxygens (including phenoxy) is 1. The Morgan fingerprint density at radius 1 is 1.33 bits per heavy atom. The van der Waals surface area contributed by atoms with Gasteiger partial charge in [-0.25, -0.2) is 0 Å². The van der Waals surface area contributed by atoms with Gasteiger partial charge in [0.05, 0.1) is 19.6 Å². The molecule has 1 rings (SSSR count). The van der Waals surface area contributed by atoms with Crippen molar-refractivity contribution >= 4 is 5.91 Å². The second-order valence-electron chi connectivity index (χ2n) is 3.85. The van der Waals surface area contributed by atoms with Gasteiger partial charge in [0, 0.05) is 6.92 Å². The molecule has 0 saturated heterocycles. The zero-order valence-electron chi connectivity index (χ0n) is 10.0. The van der Waals surface area contributed by atoms with Crippen LogP contribution in [0.4, 0.5) is 13.2 Å². The van der Waals surface area contributed by atoms with Crippen molar-refractivity contribution in [2.75, 3.05) is 7.11 Å². The first-order chi connectivity index (χ1) is 8.31. The van der Waals surface area contributed by atoms with Crippen molar-refractivity contribution < 1.29 is 22.7 Å². The molecule has 0 aliphatic carbocycles. The van der Waals surface area contributed by atoms with Crippen molar-refractivity contribution in [3.63, 3.8) is 0 Å². The van der Waals surface area contributed by atoms with E-state index in [-0.39, 0.29) is 0 Å². The summed E-state index contributed by atoms with van der Waals surface area (Å²) in [7, 11) is 1.47. The van der Waals surface area contributed by atoms with Crippen molar-refractivity contribution in [2.45, 2.75) is 25.6 Å². The minimum absolute atomic E-state index is 0.392. The fraction of sp³-hybridized carbons (Fsp3) is 0.417. The number of alkyl halides is 3. The normalized spacial score (nSPS) is 12.9. The van der Waals surface area contributed by atoms with Crippen LogP contribution in [0.5, 0.6) is 5.75 Å². The van der Waals surface area contributed by atoms with E-state index < -0.39 is 24.5 Å². The number of hydrogen-bond acceptors (Lipinski definition) is 2. The molecular weight excluding hydrogens is 247 g/mol. The molecular formula is C12H14F3NO2. The average molecular weight is 261 g/mol. The third kappa shape index (κ3) is 4.65. The Balaban J connectivity index is 2.90. The molecule has 1 aromatic carbocycles. The second-order valence-corrected chi connectivity index (χ2v) is 3.85. The highest BCUT2D eigenvalue weighted by atomic mass is 19.4. The zero-order chi connectivity index (χ0) is 13.8. The van der Waals surface area contributed by atoms with E-state index in [1.807, 2.05) is 0 Å². The third-order valence-corrected chi connectivity index (χ3v) is 2.33. The van der Waals surface area contributed by atoms with Crippen LogP contribution in [0.15, 0.2) is 24.3 Å². The highest BCUT2D eigenvalue weighted by molar-refractivity contribution is 5.73. The molecule has 0 aromatic heterocycles. The van der Waals surface area contributed by atoms with Gasteiger partial charge in [0.15, 0.2) is 0 Å². The molecule has 0 bridgehead atoms. The average Bonchev–Trinajstić information content (AvgIpc) is 2.26. The molecule has 3 nitrogen and oxygen atoms in total. The van der Waals surface area contributed by atoms with E-state index in [2.05, 4.69) is 5.32 Å². The number of amides is 1. The van der Waals surface area contributed by atoms with Crippen LogP contribution in [0.25, 0.3) is 0 Å². The van der Waals surface area contributed by atoms with Crippen molar-refractivity contribution in [3.05, 3.63) is 29.8 Å². The second kappa shape index (κ2) is 5.75. The molecule has 1 atom stereocenters. The maximum Gasteiger partial charge on any atom is 0.391 e. The van der Waals surface area contributed by atoms with Crippen LogP contribution in [0.3, 0.4) is 0 Å². The van der Waals surface area contributed by atoms with Crippen LogP contribution >= 0.6 is 0 Å². The lowest BCUT2D eigenvalue weighted by Gasteiger charge is -2.20. The molecule has 1 amide bonds. The Hall–Kier alpha value is -1.72. The van der Waals surface area contributed by atoms with Crippen molar-refractivity contribution in [1.82, 2.24) is 5.32 Å². The fourth-order valence-corrected chi connectivity index (χ4v) is 1.57. The Labute approximate surface area is 103 Å². The van der Waals surface area contributed by atoms with Crippen molar-refractivity contribution in [2.24, 2.45) is 0 Å². The van der Waals surface area contributed by atoms with E-state index in [1.54, 1.807) is 12.1 Å². The summed E-state index contributed by atoms with van der Waals surface area (Å²) in [6.07, 6.45) is -5.44. The first-order valence-electron chi connectivity index (χ1n) is 5.29. The first-order valence-corrected chi connectivity index (χ1v) is 5.29. The Morgan fingerprint density at radius 3 is 2.28 bits per heavy atom. The van der Waals surface area contributed by atoms with Gasteiger partial charge in [-0.05, 0) is 17.7 Å². The van der Waals surface area contributed by atoms with E-state index in [0.29, 0.717) is 11.3 Å². The van der Waals surface area contributed by atoms with Gasteiger partial charge in [-0.15, -0.1) is 0 Å². The van der Waals surface area contributed by atoms with Crippen molar-refractivity contribution in [1.29, 1.82) is 0 Å². The van der Waals surface area contributed by atoms with Gasteiger partial charge in [-0.1, -0.05) is 12.1 Å². The predicted octanol–water partition coefficient (Wildman–Crippen LogP) is 2.82. The SMILES string of the molecule is COc1ccc(C(CC(F)(F)F)NC(C)=O)cc1. The monoisotopic (exact) mass is 261 g/mol. The summed E-state index contributed by atoms with van der Waals surface area (Å²) < 4.78 is 42.2. The summed E-state index contributed by atoms with van der Waals surface area (Å²) in [6.45, 7) is 1.19. The molecule has 0 spiro atoms. The number of benzene rings is 1. The predicted molar refractivity (Wildman–Crippen MR) is 60.2 cm³/mol. The minimum Gasteiger partial charge on any atom is -0.497 e. The molecule has 6 heteroatoms. The Kier molecular flexibility index (Phi) is 4.58. The number of nitrogens with one attached hydrogen (secondary N) is 1. The van der Waals surface area contributed by atoms with Crippen LogP contribution in [-0.4, -0.2) is 19.2 Å². The standard InChI is InChI=1S/C12H14F3NO2/c1-8(17)16-11(7-12(13,14)15)9-3-5-10(18-2)6-4-9/h3-6,11H,7H2,1-2H3,(H,16,17). The van der Waals surface area contributed by atoms with E-state index in [4.69, 9.17) is 4.74 Å². The van der Waals surface area contributed by atoms with Gasteiger partial charge < -0.3 is 10.1 Å². The lowest BCUT2D eigenvalue weighted by atomic mass is 10.0. The van der Waals surface area contributed by atoms with Gasteiger partial charge in [0.1, 0.15) is 5.75 Å². The van der Waals surface area contributed by atoms with Crippen LogP contribution in [0, 0.1) is 0 Å². The number of halogens is 3. The maximum absolute atomic E-state index is 12.4. The third-order valence-electron chi connectivity index (χ3n) is 2.33. The van der Waals surface area contributed by atoms with Gasteiger partial charge in [-0.3, -0.25) is 4.79 Å². The van der Waals surface area contributed by atoms with Gasteiger partial charge in [0.2, 0.25) is 5.91 Å². The van der Waals surface area contributed by atoms with Gasteiger partial charge in [0.25, 0.3) is 0 Å².